The van der Waals surface area contributed by atoms with Crippen molar-refractivity contribution in [3.05, 3.63) is 0 Å². The van der Waals surface area contributed by atoms with Gasteiger partial charge in [-0.15, -0.1) is 0 Å². The van der Waals surface area contributed by atoms with Gasteiger partial charge < -0.3 is 0 Å². The summed E-state index contributed by atoms with van der Waals surface area (Å²) in [6.45, 7) is 0. The van der Waals surface area contributed by atoms with E-state index < -0.39 is 66.3 Å². The van der Waals surface area contributed by atoms with Crippen molar-refractivity contribution in [1.29, 1.82) is 0 Å². The lowest BCUT2D eigenvalue weighted by molar-refractivity contribution is -0.519. The number of ether oxygens (including phenoxy) is 1. The number of halogens is 23. The summed E-state index contributed by atoms with van der Waals surface area (Å²) in [5.74, 6) is -61.8. The molecular formula is C11HF23O. The molecule has 0 aliphatic rings. The highest BCUT2D eigenvalue weighted by molar-refractivity contribution is 5.15. The Morgan fingerprint density at radius 1 is 0.343 bits per heavy atom. The molecule has 0 fully saturated rings. The van der Waals surface area contributed by atoms with Crippen molar-refractivity contribution in [2.45, 2.75) is 66.3 Å². The lowest BCUT2D eigenvalue weighted by atomic mass is 9.89. The summed E-state index contributed by atoms with van der Waals surface area (Å²) in [5.41, 5.74) is 0. The Kier molecular flexibility index (Phi) is 7.79. The van der Waals surface area contributed by atoms with E-state index in [4.69, 9.17) is 0 Å². The average molecular weight is 586 g/mol. The summed E-state index contributed by atoms with van der Waals surface area (Å²) in [4.78, 5) is 0. The van der Waals surface area contributed by atoms with Crippen molar-refractivity contribution >= 4 is 0 Å². The van der Waals surface area contributed by atoms with Crippen LogP contribution in [-0.2, 0) is 4.74 Å². The molecule has 0 amide bonds. The molecule has 0 aromatic heterocycles. The van der Waals surface area contributed by atoms with Gasteiger partial charge in [0.15, 0.2) is 0 Å². The summed E-state index contributed by atoms with van der Waals surface area (Å²) in [5, 5.41) is 0. The molecule has 24 heteroatoms. The van der Waals surface area contributed by atoms with Gasteiger partial charge in [-0.3, -0.25) is 0 Å². The zero-order valence-electron chi connectivity index (χ0n) is 14.7. The first-order valence-corrected chi connectivity index (χ1v) is 7.10. The molecule has 0 spiro atoms. The lowest BCUT2D eigenvalue weighted by Gasteiger charge is -2.43. The van der Waals surface area contributed by atoms with Crippen molar-refractivity contribution in [3.8, 4) is 0 Å². The molecule has 0 aliphatic heterocycles. The van der Waals surface area contributed by atoms with Crippen molar-refractivity contribution in [3.63, 3.8) is 0 Å². The number of hydrogen-bond donors (Lipinski definition) is 0. The van der Waals surface area contributed by atoms with Crippen molar-refractivity contribution < 1.29 is 106 Å². The van der Waals surface area contributed by atoms with Crippen molar-refractivity contribution in [2.24, 2.45) is 0 Å². The van der Waals surface area contributed by atoms with E-state index in [0.717, 1.165) is 4.74 Å². The third kappa shape index (κ3) is 4.39. The molecule has 0 aliphatic carbocycles. The Morgan fingerprint density at radius 3 is 0.857 bits per heavy atom. The molecule has 0 aromatic rings. The first-order chi connectivity index (χ1) is 14.7. The van der Waals surface area contributed by atoms with Gasteiger partial charge in [0.1, 0.15) is 0 Å². The second kappa shape index (κ2) is 8.18. The van der Waals surface area contributed by atoms with Gasteiger partial charge in [-0.1, -0.05) is 0 Å². The molecule has 0 aromatic carbocycles. The second-order valence-electron chi connectivity index (χ2n) is 6.00. The average Bonchev–Trinajstić information content (AvgIpc) is 2.58. The smallest absolute Gasteiger partial charge is 0.243 e. The van der Waals surface area contributed by atoms with E-state index in [0.29, 0.717) is 0 Å². The minimum absolute atomic E-state index is 0.933. The molecule has 0 rings (SSSR count). The second-order valence-corrected chi connectivity index (χ2v) is 6.00. The summed E-state index contributed by atoms with van der Waals surface area (Å²) >= 11 is 0. The first-order valence-electron chi connectivity index (χ1n) is 7.10. The van der Waals surface area contributed by atoms with Crippen LogP contribution in [0.15, 0.2) is 0 Å². The summed E-state index contributed by atoms with van der Waals surface area (Å²) in [7, 11) is 0. The van der Waals surface area contributed by atoms with Gasteiger partial charge in [-0.05, 0) is 0 Å². The fraction of sp³-hybridized carbons (Fsp3) is 1.00. The minimum atomic E-state index is -9.23. The molecule has 0 saturated carbocycles. The van der Waals surface area contributed by atoms with Gasteiger partial charge in [-0.25, -0.2) is 13.5 Å². The van der Waals surface area contributed by atoms with Gasteiger partial charge in [-0.2, -0.15) is 92.2 Å². The predicted molar refractivity (Wildman–Crippen MR) is 57.7 cm³/mol. The Hall–Kier alpha value is -1.65. The number of alkyl halides is 23. The first kappa shape index (κ1) is 33.4. The fourth-order valence-corrected chi connectivity index (χ4v) is 1.60. The van der Waals surface area contributed by atoms with Crippen molar-refractivity contribution in [2.75, 3.05) is 0 Å². The van der Waals surface area contributed by atoms with Crippen LogP contribution < -0.4 is 0 Å². The van der Waals surface area contributed by atoms with E-state index in [1.165, 1.54) is 0 Å². The van der Waals surface area contributed by atoms with Crippen LogP contribution in [0.1, 0.15) is 0 Å². The van der Waals surface area contributed by atoms with Gasteiger partial charge in [0.05, 0.1) is 0 Å². The third-order valence-electron chi connectivity index (χ3n) is 3.62. The highest BCUT2D eigenvalue weighted by Crippen LogP contribution is 2.64. The molecule has 0 bridgehead atoms. The Bertz CT molecular complexity index is 758. The van der Waals surface area contributed by atoms with Crippen LogP contribution in [0.4, 0.5) is 101 Å². The van der Waals surface area contributed by atoms with E-state index in [-0.39, 0.29) is 0 Å². The maximum absolute atomic E-state index is 13.3. The van der Waals surface area contributed by atoms with Crippen LogP contribution in [0.3, 0.4) is 0 Å². The van der Waals surface area contributed by atoms with Gasteiger partial charge in [0, 0.05) is 0 Å². The van der Waals surface area contributed by atoms with Gasteiger partial charge in [0.25, 0.3) is 0 Å². The number of rotatable bonds is 10. The molecule has 1 nitrogen and oxygen atoms in total. The predicted octanol–water partition coefficient (Wildman–Crippen LogP) is 7.46. The summed E-state index contributed by atoms with van der Waals surface area (Å²) < 4.78 is 293. The lowest BCUT2D eigenvalue weighted by Crippen LogP contribution is -2.75. The number of hydrogen-bond acceptors (Lipinski definition) is 1. The third-order valence-corrected chi connectivity index (χ3v) is 3.62. The maximum atomic E-state index is 13.3. The van der Waals surface area contributed by atoms with E-state index in [1.54, 1.807) is 0 Å². The van der Waals surface area contributed by atoms with Crippen LogP contribution in [0.5, 0.6) is 0 Å². The summed E-state index contributed by atoms with van der Waals surface area (Å²) in [6.07, 6.45) is -29.8. The van der Waals surface area contributed by atoms with Crippen molar-refractivity contribution in [1.82, 2.24) is 0 Å². The molecule has 0 heterocycles. The fourth-order valence-electron chi connectivity index (χ4n) is 1.60. The maximum Gasteiger partial charge on any atom is 0.483 e. The van der Waals surface area contributed by atoms with Gasteiger partial charge >= 0.3 is 66.3 Å². The Balaban J connectivity index is 6.87. The van der Waals surface area contributed by atoms with Crippen LogP contribution in [0, 0.1) is 0 Å². The zero-order valence-corrected chi connectivity index (χ0v) is 14.7. The highest BCUT2D eigenvalue weighted by Gasteiger charge is 2.96. The van der Waals surface area contributed by atoms with Crippen LogP contribution in [0.2, 0.25) is 0 Å². The van der Waals surface area contributed by atoms with Gasteiger partial charge in [0.2, 0.25) is 0 Å². The largest absolute Gasteiger partial charge is 0.483 e. The zero-order chi connectivity index (χ0) is 29.3. The molecule has 0 saturated heterocycles. The van der Waals surface area contributed by atoms with E-state index in [9.17, 15) is 101 Å². The van der Waals surface area contributed by atoms with Crippen LogP contribution in [-0.4, -0.2) is 66.3 Å². The van der Waals surface area contributed by atoms with E-state index >= 15 is 0 Å². The standard InChI is InChI=1S/C11HF23O/c12-1(13)2(14,15)3(16,17)4(18,19)5(20,21)6(22,23)7(24,25)8(26,27)10(31,32)35-11(33,34)9(28,29)30/h1H. The molecule has 0 unspecified atom stereocenters. The monoisotopic (exact) mass is 586 g/mol. The Labute approximate surface area is 173 Å². The SMILES string of the molecule is FC(F)C(F)(F)C(F)(F)C(F)(F)C(F)(F)C(F)(F)C(F)(F)C(F)(F)C(F)(F)OC(F)(F)C(F)(F)F. The quantitative estimate of drug-likeness (QED) is 0.242. The molecule has 0 radical (unpaired) electrons. The Morgan fingerprint density at radius 2 is 0.600 bits per heavy atom. The molecule has 0 N–H and O–H groups in total. The van der Waals surface area contributed by atoms with Crippen LogP contribution >= 0.6 is 0 Å². The molecule has 212 valence electrons. The van der Waals surface area contributed by atoms with E-state index in [1.807, 2.05) is 0 Å². The minimum Gasteiger partial charge on any atom is -0.243 e. The summed E-state index contributed by atoms with van der Waals surface area (Å²) in [6, 6.07) is 0. The highest BCUT2D eigenvalue weighted by atomic mass is 19.4. The van der Waals surface area contributed by atoms with Crippen LogP contribution in [0.25, 0.3) is 0 Å². The molecule has 0 atom stereocenters. The molecule has 35 heavy (non-hydrogen) atoms. The topological polar surface area (TPSA) is 9.23 Å². The van der Waals surface area contributed by atoms with E-state index in [2.05, 4.69) is 0 Å². The molecular weight excluding hydrogens is 585 g/mol. The normalized spacial score (nSPS) is 16.8.